The molecule has 2 aromatic heterocycles. The summed E-state index contributed by atoms with van der Waals surface area (Å²) in [6.07, 6.45) is 4.73. The Morgan fingerprint density at radius 2 is 2.00 bits per heavy atom. The smallest absolute Gasteiger partial charge is 0.133 e. The summed E-state index contributed by atoms with van der Waals surface area (Å²) >= 11 is 0. The summed E-state index contributed by atoms with van der Waals surface area (Å²) in [6.45, 7) is 9.99. The van der Waals surface area contributed by atoms with Crippen molar-refractivity contribution < 1.29 is 0 Å². The van der Waals surface area contributed by atoms with Crippen LogP contribution in [0.2, 0.25) is 0 Å². The van der Waals surface area contributed by atoms with E-state index in [0.717, 1.165) is 48.0 Å². The fourth-order valence-electron chi connectivity index (χ4n) is 2.00. The van der Waals surface area contributed by atoms with Crippen LogP contribution in [-0.2, 0) is 13.0 Å². The Balaban J connectivity index is 2.51. The molecule has 0 spiro atoms. The predicted molar refractivity (Wildman–Crippen MR) is 77.2 cm³/mol. The molecule has 5 nitrogen and oxygen atoms in total. The van der Waals surface area contributed by atoms with Crippen LogP contribution < -0.4 is 5.32 Å². The minimum absolute atomic E-state index is 0.827. The first-order valence-electron chi connectivity index (χ1n) is 6.83. The highest BCUT2D eigenvalue weighted by atomic mass is 15.3. The van der Waals surface area contributed by atoms with E-state index in [1.807, 2.05) is 17.1 Å². The van der Waals surface area contributed by atoms with E-state index in [0.29, 0.717) is 0 Å². The topological polar surface area (TPSA) is 55.6 Å². The standard InChI is InChI=1S/C14H21N5/c1-5-12-17-13(10(4)14(18-12)15-6-2)11-8-16-19(7-3)9-11/h8-9H,5-7H2,1-4H3,(H,15,17,18). The van der Waals surface area contributed by atoms with Crippen molar-refractivity contribution >= 4 is 5.82 Å². The Morgan fingerprint density at radius 1 is 1.21 bits per heavy atom. The van der Waals surface area contributed by atoms with Crippen molar-refractivity contribution in [1.29, 1.82) is 0 Å². The van der Waals surface area contributed by atoms with E-state index in [-0.39, 0.29) is 0 Å². The highest BCUT2D eigenvalue weighted by molar-refractivity contribution is 5.67. The van der Waals surface area contributed by atoms with E-state index >= 15 is 0 Å². The van der Waals surface area contributed by atoms with Crippen LogP contribution in [0.15, 0.2) is 12.4 Å². The van der Waals surface area contributed by atoms with E-state index in [4.69, 9.17) is 0 Å². The largest absolute Gasteiger partial charge is 0.370 e. The highest BCUT2D eigenvalue weighted by Crippen LogP contribution is 2.25. The molecule has 0 aliphatic rings. The lowest BCUT2D eigenvalue weighted by Gasteiger charge is -2.11. The quantitative estimate of drug-likeness (QED) is 0.897. The maximum atomic E-state index is 4.65. The number of anilines is 1. The van der Waals surface area contributed by atoms with Crippen molar-refractivity contribution in [3.8, 4) is 11.3 Å². The number of nitrogens with zero attached hydrogens (tertiary/aromatic N) is 4. The van der Waals surface area contributed by atoms with Crippen LogP contribution in [0.25, 0.3) is 11.3 Å². The zero-order valence-electron chi connectivity index (χ0n) is 12.1. The molecule has 0 aliphatic heterocycles. The van der Waals surface area contributed by atoms with Crippen molar-refractivity contribution in [1.82, 2.24) is 19.7 Å². The van der Waals surface area contributed by atoms with E-state index in [9.17, 15) is 0 Å². The lowest BCUT2D eigenvalue weighted by Crippen LogP contribution is -2.07. The van der Waals surface area contributed by atoms with Gasteiger partial charge in [-0.1, -0.05) is 6.92 Å². The molecule has 19 heavy (non-hydrogen) atoms. The van der Waals surface area contributed by atoms with Gasteiger partial charge in [-0.15, -0.1) is 0 Å². The molecule has 102 valence electrons. The minimum Gasteiger partial charge on any atom is -0.370 e. The van der Waals surface area contributed by atoms with Gasteiger partial charge in [-0.2, -0.15) is 5.10 Å². The summed E-state index contributed by atoms with van der Waals surface area (Å²) in [5, 5.41) is 7.62. The van der Waals surface area contributed by atoms with Crippen LogP contribution in [-0.4, -0.2) is 26.3 Å². The molecule has 0 saturated carbocycles. The van der Waals surface area contributed by atoms with Crippen LogP contribution >= 0.6 is 0 Å². The van der Waals surface area contributed by atoms with Crippen molar-refractivity contribution in [2.45, 2.75) is 40.7 Å². The van der Waals surface area contributed by atoms with Crippen LogP contribution in [0.3, 0.4) is 0 Å². The fraction of sp³-hybridized carbons (Fsp3) is 0.500. The highest BCUT2D eigenvalue weighted by Gasteiger charge is 2.13. The molecule has 2 heterocycles. The predicted octanol–water partition coefficient (Wildman–Crippen LogP) is 2.66. The van der Waals surface area contributed by atoms with Gasteiger partial charge in [-0.05, 0) is 20.8 Å². The number of nitrogens with one attached hydrogen (secondary N) is 1. The third-order valence-electron chi connectivity index (χ3n) is 3.08. The molecule has 5 heteroatoms. The van der Waals surface area contributed by atoms with Crippen LogP contribution in [0, 0.1) is 6.92 Å². The number of aryl methyl sites for hydroxylation is 2. The second kappa shape index (κ2) is 5.82. The molecule has 0 saturated heterocycles. The average molecular weight is 259 g/mol. The summed E-state index contributed by atoms with van der Waals surface area (Å²) in [6, 6.07) is 0. The number of hydrogen-bond acceptors (Lipinski definition) is 4. The molecule has 0 unspecified atom stereocenters. The average Bonchev–Trinajstić information content (AvgIpc) is 2.90. The van der Waals surface area contributed by atoms with Crippen molar-refractivity contribution in [2.75, 3.05) is 11.9 Å². The summed E-state index contributed by atoms with van der Waals surface area (Å²) < 4.78 is 1.91. The molecule has 0 aromatic carbocycles. The summed E-state index contributed by atoms with van der Waals surface area (Å²) in [5.74, 6) is 1.79. The van der Waals surface area contributed by atoms with Gasteiger partial charge in [0.25, 0.3) is 0 Å². The van der Waals surface area contributed by atoms with Gasteiger partial charge >= 0.3 is 0 Å². The minimum atomic E-state index is 0.827. The summed E-state index contributed by atoms with van der Waals surface area (Å²) in [5.41, 5.74) is 3.10. The molecule has 0 fully saturated rings. The van der Waals surface area contributed by atoms with Gasteiger partial charge in [0, 0.05) is 36.8 Å². The molecule has 0 atom stereocenters. The lowest BCUT2D eigenvalue weighted by atomic mass is 10.1. The number of rotatable bonds is 5. The van der Waals surface area contributed by atoms with Crippen molar-refractivity contribution in [3.05, 3.63) is 23.8 Å². The second-order valence-electron chi connectivity index (χ2n) is 4.43. The normalized spacial score (nSPS) is 10.7. The molecule has 0 amide bonds. The maximum Gasteiger partial charge on any atom is 0.133 e. The van der Waals surface area contributed by atoms with E-state index in [2.05, 4.69) is 48.1 Å². The van der Waals surface area contributed by atoms with Gasteiger partial charge in [-0.3, -0.25) is 4.68 Å². The second-order valence-corrected chi connectivity index (χ2v) is 4.43. The van der Waals surface area contributed by atoms with E-state index in [1.165, 1.54) is 0 Å². The molecule has 2 aromatic rings. The van der Waals surface area contributed by atoms with Crippen LogP contribution in [0.1, 0.15) is 32.2 Å². The van der Waals surface area contributed by atoms with Gasteiger partial charge in [0.15, 0.2) is 0 Å². The Bertz CT molecular complexity index is 559. The van der Waals surface area contributed by atoms with Gasteiger partial charge < -0.3 is 5.32 Å². The van der Waals surface area contributed by atoms with Gasteiger partial charge in [0.1, 0.15) is 11.6 Å². The first-order valence-corrected chi connectivity index (χ1v) is 6.83. The molecule has 0 radical (unpaired) electrons. The first-order chi connectivity index (χ1) is 9.19. The molecule has 1 N–H and O–H groups in total. The Hall–Kier alpha value is -1.91. The van der Waals surface area contributed by atoms with Gasteiger partial charge in [0.05, 0.1) is 11.9 Å². The molecular formula is C14H21N5. The SMILES string of the molecule is CCNc1nc(CC)nc(-c2cnn(CC)c2)c1C. The monoisotopic (exact) mass is 259 g/mol. The first kappa shape index (κ1) is 13.5. The number of aromatic nitrogens is 4. The maximum absolute atomic E-state index is 4.65. The lowest BCUT2D eigenvalue weighted by molar-refractivity contribution is 0.660. The summed E-state index contributed by atoms with van der Waals surface area (Å²) in [7, 11) is 0. The Morgan fingerprint density at radius 3 is 2.58 bits per heavy atom. The number of hydrogen-bond donors (Lipinski definition) is 1. The van der Waals surface area contributed by atoms with E-state index < -0.39 is 0 Å². The van der Waals surface area contributed by atoms with Crippen molar-refractivity contribution in [2.24, 2.45) is 0 Å². The van der Waals surface area contributed by atoms with Crippen LogP contribution in [0.4, 0.5) is 5.82 Å². The zero-order valence-corrected chi connectivity index (χ0v) is 12.1. The molecule has 0 aliphatic carbocycles. The fourth-order valence-corrected chi connectivity index (χ4v) is 2.00. The Kier molecular flexibility index (Phi) is 4.14. The van der Waals surface area contributed by atoms with E-state index in [1.54, 1.807) is 0 Å². The molecule has 0 bridgehead atoms. The van der Waals surface area contributed by atoms with Crippen molar-refractivity contribution in [3.63, 3.8) is 0 Å². The zero-order chi connectivity index (χ0) is 13.8. The third-order valence-corrected chi connectivity index (χ3v) is 3.08. The molecular weight excluding hydrogens is 238 g/mol. The Labute approximate surface area is 114 Å². The summed E-state index contributed by atoms with van der Waals surface area (Å²) in [4.78, 5) is 9.19. The van der Waals surface area contributed by atoms with Gasteiger partial charge in [0.2, 0.25) is 0 Å². The third kappa shape index (κ3) is 2.75. The molecule has 2 rings (SSSR count). The van der Waals surface area contributed by atoms with Crippen LogP contribution in [0.5, 0.6) is 0 Å². The van der Waals surface area contributed by atoms with Gasteiger partial charge in [-0.25, -0.2) is 9.97 Å².